The number of halogens is 4. The van der Waals surface area contributed by atoms with Gasteiger partial charge in [0.25, 0.3) is 0 Å². The molecule has 0 radical (unpaired) electrons. The number of fused-ring (bicyclic) bond motifs is 1. The molecule has 0 N–H and O–H groups in total. The summed E-state index contributed by atoms with van der Waals surface area (Å²) >= 11 is 6.37. The van der Waals surface area contributed by atoms with Crippen molar-refractivity contribution in [1.29, 1.82) is 0 Å². The van der Waals surface area contributed by atoms with Gasteiger partial charge in [0.1, 0.15) is 12.2 Å². The molecule has 1 aromatic heterocycles. The maximum Gasteiger partial charge on any atom is 0.431 e. The van der Waals surface area contributed by atoms with Crippen LogP contribution >= 0.6 is 11.6 Å². The summed E-state index contributed by atoms with van der Waals surface area (Å²) < 4.78 is 42.1. The molecule has 1 amide bonds. The Bertz CT molecular complexity index is 1130. The Morgan fingerprint density at radius 3 is 2.56 bits per heavy atom. The number of benzene rings is 1. The Labute approximate surface area is 201 Å². The molecule has 1 aromatic carbocycles. The van der Waals surface area contributed by atoms with E-state index in [1.165, 1.54) is 18.9 Å². The summed E-state index contributed by atoms with van der Waals surface area (Å²) in [7, 11) is 0. The van der Waals surface area contributed by atoms with E-state index in [1.54, 1.807) is 29.1 Å². The number of amides is 1. The average molecular weight is 494 g/mol. The van der Waals surface area contributed by atoms with Gasteiger partial charge in [-0.3, -0.25) is 9.48 Å². The van der Waals surface area contributed by atoms with Crippen LogP contribution in [0.25, 0.3) is 10.9 Å². The largest absolute Gasteiger partial charge is 0.431 e. The van der Waals surface area contributed by atoms with Gasteiger partial charge >= 0.3 is 6.18 Å². The van der Waals surface area contributed by atoms with Crippen LogP contribution in [0.3, 0.4) is 0 Å². The van der Waals surface area contributed by atoms with Crippen LogP contribution in [-0.2, 0) is 11.3 Å². The van der Waals surface area contributed by atoms with E-state index in [4.69, 9.17) is 11.6 Å². The lowest BCUT2D eigenvalue weighted by atomic mass is 10.0. The van der Waals surface area contributed by atoms with E-state index >= 15 is 0 Å². The summed E-state index contributed by atoms with van der Waals surface area (Å²) in [6.45, 7) is 3.97. The second-order valence-corrected chi connectivity index (χ2v) is 9.54. The number of carbonyl (C=O) groups is 1. The number of likely N-dealkylation sites (tertiary alicyclic amines) is 2. The molecule has 3 aliphatic rings. The first-order valence-electron chi connectivity index (χ1n) is 11.7. The second kappa shape index (κ2) is 9.26. The molecule has 182 valence electrons. The zero-order valence-corrected chi connectivity index (χ0v) is 19.5. The third-order valence-corrected chi connectivity index (χ3v) is 7.24. The molecule has 0 bridgehead atoms. The van der Waals surface area contributed by atoms with Gasteiger partial charge in [-0.2, -0.15) is 18.3 Å². The number of hydrogen-bond acceptors (Lipinski definition) is 4. The Morgan fingerprint density at radius 2 is 1.85 bits per heavy atom. The highest BCUT2D eigenvalue weighted by Gasteiger charge is 2.39. The predicted molar refractivity (Wildman–Crippen MR) is 126 cm³/mol. The molecule has 0 unspecified atom stereocenters. The zero-order valence-electron chi connectivity index (χ0n) is 18.8. The number of nitrogens with zero attached hydrogens (tertiary/aromatic N) is 5. The molecule has 0 aliphatic carbocycles. The standard InChI is InChI=1S/C24H27ClF3N5O/c25-19-14-20-17(13-21(19)33-10-2-1-5-22(33)24(26,27)28)15-32(29-20)16-23(34)31-11-6-18(7-12-31)30-8-3-4-9-30/h1-2,5,13-15,18H,3-4,6-12,16H2. The van der Waals surface area contributed by atoms with Gasteiger partial charge in [0.15, 0.2) is 0 Å². The van der Waals surface area contributed by atoms with Crippen molar-refractivity contribution in [3.05, 3.63) is 47.3 Å². The zero-order chi connectivity index (χ0) is 23.9. The van der Waals surface area contributed by atoms with Crippen LogP contribution < -0.4 is 4.90 Å². The summed E-state index contributed by atoms with van der Waals surface area (Å²) in [6, 6.07) is 3.73. The predicted octanol–water partition coefficient (Wildman–Crippen LogP) is 4.60. The van der Waals surface area contributed by atoms with Crippen molar-refractivity contribution in [3.63, 3.8) is 0 Å². The highest BCUT2D eigenvalue weighted by molar-refractivity contribution is 6.34. The van der Waals surface area contributed by atoms with E-state index in [1.807, 2.05) is 4.90 Å². The van der Waals surface area contributed by atoms with E-state index in [0.29, 0.717) is 16.9 Å². The highest BCUT2D eigenvalue weighted by Crippen LogP contribution is 2.38. The van der Waals surface area contributed by atoms with E-state index in [9.17, 15) is 18.0 Å². The van der Waals surface area contributed by atoms with Crippen molar-refractivity contribution in [2.45, 2.75) is 44.4 Å². The molecular formula is C24H27ClF3N5O. The van der Waals surface area contributed by atoms with Crippen LogP contribution in [0.1, 0.15) is 25.7 Å². The van der Waals surface area contributed by atoms with E-state index in [2.05, 4.69) is 10.00 Å². The SMILES string of the molecule is O=C(Cn1cc2cc(N3CC=CC=C3C(F)(F)F)c(Cl)cc2n1)N1CCC(N2CCCC2)CC1. The maximum absolute atomic E-state index is 13.5. The lowest BCUT2D eigenvalue weighted by Gasteiger charge is -2.36. The first-order chi connectivity index (χ1) is 16.3. The van der Waals surface area contributed by atoms with Gasteiger partial charge in [-0.05, 0) is 57.0 Å². The van der Waals surface area contributed by atoms with E-state index in [0.717, 1.165) is 50.0 Å². The fraction of sp³-hybridized carbons (Fsp3) is 0.500. The molecule has 4 heterocycles. The number of anilines is 1. The molecule has 2 fully saturated rings. The van der Waals surface area contributed by atoms with Gasteiger partial charge in [-0.1, -0.05) is 23.8 Å². The molecule has 0 spiro atoms. The van der Waals surface area contributed by atoms with Crippen LogP contribution in [0.4, 0.5) is 18.9 Å². The lowest BCUT2D eigenvalue weighted by Crippen LogP contribution is -2.46. The van der Waals surface area contributed by atoms with Crippen molar-refractivity contribution < 1.29 is 18.0 Å². The van der Waals surface area contributed by atoms with Crippen molar-refractivity contribution in [2.75, 3.05) is 37.6 Å². The molecule has 0 atom stereocenters. The lowest BCUT2D eigenvalue weighted by molar-refractivity contribution is -0.133. The molecular weight excluding hydrogens is 467 g/mol. The summed E-state index contributed by atoms with van der Waals surface area (Å²) in [4.78, 5) is 18.5. The first kappa shape index (κ1) is 23.2. The summed E-state index contributed by atoms with van der Waals surface area (Å²) in [5.41, 5.74) is 0.0347. The van der Waals surface area contributed by atoms with Gasteiger partial charge < -0.3 is 14.7 Å². The number of hydrogen-bond donors (Lipinski definition) is 0. The Balaban J connectivity index is 1.29. The van der Waals surface area contributed by atoms with Crippen LogP contribution in [0, 0.1) is 0 Å². The molecule has 34 heavy (non-hydrogen) atoms. The minimum atomic E-state index is -4.50. The maximum atomic E-state index is 13.5. The van der Waals surface area contributed by atoms with E-state index < -0.39 is 11.9 Å². The van der Waals surface area contributed by atoms with Crippen molar-refractivity contribution in [3.8, 4) is 0 Å². The van der Waals surface area contributed by atoms with Crippen molar-refractivity contribution >= 4 is 34.1 Å². The van der Waals surface area contributed by atoms with E-state index in [-0.39, 0.29) is 29.7 Å². The molecule has 10 heteroatoms. The fourth-order valence-corrected chi connectivity index (χ4v) is 5.45. The summed E-state index contributed by atoms with van der Waals surface area (Å²) in [5, 5.41) is 5.26. The third-order valence-electron chi connectivity index (χ3n) is 6.94. The molecule has 0 saturated carbocycles. The quantitative estimate of drug-likeness (QED) is 0.624. The number of carbonyl (C=O) groups excluding carboxylic acids is 1. The fourth-order valence-electron chi connectivity index (χ4n) is 5.19. The van der Waals surface area contributed by atoms with Gasteiger partial charge in [0.2, 0.25) is 5.91 Å². The third kappa shape index (κ3) is 4.68. The normalized spacial score (nSPS) is 20.4. The molecule has 6 nitrogen and oxygen atoms in total. The van der Waals surface area contributed by atoms with Crippen LogP contribution in [0.2, 0.25) is 5.02 Å². The topological polar surface area (TPSA) is 44.6 Å². The Morgan fingerprint density at radius 1 is 1.12 bits per heavy atom. The number of aromatic nitrogens is 2. The van der Waals surface area contributed by atoms with Crippen LogP contribution in [0.15, 0.2) is 42.3 Å². The van der Waals surface area contributed by atoms with Crippen molar-refractivity contribution in [2.24, 2.45) is 0 Å². The summed E-state index contributed by atoms with van der Waals surface area (Å²) in [5.74, 6) is 0.00228. The average Bonchev–Trinajstić information content (AvgIpc) is 3.48. The number of piperidine rings is 1. The molecule has 2 aromatic rings. The first-order valence-corrected chi connectivity index (χ1v) is 12.1. The molecule has 3 aliphatic heterocycles. The number of rotatable bonds is 4. The monoisotopic (exact) mass is 493 g/mol. The summed E-state index contributed by atoms with van der Waals surface area (Å²) in [6.07, 6.45) is 5.78. The van der Waals surface area contributed by atoms with Gasteiger partial charge in [-0.15, -0.1) is 0 Å². The highest BCUT2D eigenvalue weighted by atomic mass is 35.5. The Hall–Kier alpha value is -2.52. The molecule has 2 saturated heterocycles. The minimum absolute atomic E-state index is 0.00228. The second-order valence-electron chi connectivity index (χ2n) is 9.13. The van der Waals surface area contributed by atoms with Crippen LogP contribution in [-0.4, -0.2) is 70.4 Å². The Kier molecular flexibility index (Phi) is 6.33. The number of allylic oxidation sites excluding steroid dienone is 3. The smallest absolute Gasteiger partial charge is 0.341 e. The van der Waals surface area contributed by atoms with Gasteiger partial charge in [-0.25, -0.2) is 0 Å². The van der Waals surface area contributed by atoms with Gasteiger partial charge in [0, 0.05) is 37.3 Å². The van der Waals surface area contributed by atoms with Gasteiger partial charge in [0.05, 0.1) is 16.2 Å². The molecule has 5 rings (SSSR count). The number of alkyl halides is 3. The van der Waals surface area contributed by atoms with Crippen LogP contribution in [0.5, 0.6) is 0 Å². The van der Waals surface area contributed by atoms with Crippen molar-refractivity contribution in [1.82, 2.24) is 19.6 Å². The minimum Gasteiger partial charge on any atom is -0.341 e.